The molecule has 2 aromatic carbocycles. The number of fused-ring (bicyclic) bond motifs is 1. The monoisotopic (exact) mass is 379 g/mol. The van der Waals surface area contributed by atoms with Crippen LogP contribution in [0.3, 0.4) is 0 Å². The van der Waals surface area contributed by atoms with Crippen molar-refractivity contribution < 1.29 is 14.3 Å². The summed E-state index contributed by atoms with van der Waals surface area (Å²) in [7, 11) is 3.28. The number of benzene rings is 2. The van der Waals surface area contributed by atoms with E-state index in [9.17, 15) is 4.79 Å². The fraction of sp³-hybridized carbons (Fsp3) is 0.227. The number of rotatable bonds is 4. The number of methoxy groups -OCH3 is 2. The van der Waals surface area contributed by atoms with Gasteiger partial charge >= 0.3 is 0 Å². The second-order valence-corrected chi connectivity index (χ2v) is 7.40. The zero-order valence-electron chi connectivity index (χ0n) is 15.4. The zero-order valence-corrected chi connectivity index (χ0v) is 16.2. The molecular formula is C22H21NO3S. The summed E-state index contributed by atoms with van der Waals surface area (Å²) in [6, 6.07) is 16.1. The van der Waals surface area contributed by atoms with E-state index in [-0.39, 0.29) is 5.91 Å². The largest absolute Gasteiger partial charge is 0.493 e. The first-order chi connectivity index (χ1) is 13.2. The van der Waals surface area contributed by atoms with Gasteiger partial charge in [-0.15, -0.1) is 11.3 Å². The number of carbonyl (C=O) groups is 1. The molecule has 0 atom stereocenters. The highest BCUT2D eigenvalue weighted by Gasteiger charge is 2.26. The molecule has 0 radical (unpaired) electrons. The van der Waals surface area contributed by atoms with Crippen LogP contribution in [0, 0.1) is 0 Å². The van der Waals surface area contributed by atoms with Crippen LogP contribution >= 0.6 is 11.3 Å². The Balaban J connectivity index is 1.62. The van der Waals surface area contributed by atoms with Crippen molar-refractivity contribution in [3.05, 3.63) is 69.9 Å². The highest BCUT2D eigenvalue weighted by atomic mass is 32.1. The summed E-state index contributed by atoms with van der Waals surface area (Å²) in [4.78, 5) is 15.9. The van der Waals surface area contributed by atoms with Crippen molar-refractivity contribution in [3.63, 3.8) is 0 Å². The molecule has 0 saturated heterocycles. The molecule has 0 spiro atoms. The van der Waals surface area contributed by atoms with Crippen molar-refractivity contribution >= 4 is 17.2 Å². The molecule has 0 saturated carbocycles. The van der Waals surface area contributed by atoms with Gasteiger partial charge in [0.15, 0.2) is 11.5 Å². The van der Waals surface area contributed by atoms with Gasteiger partial charge in [-0.25, -0.2) is 0 Å². The Hall–Kier alpha value is -2.79. The quantitative estimate of drug-likeness (QED) is 0.663. The number of thiophene rings is 1. The molecule has 0 unspecified atom stereocenters. The Morgan fingerprint density at radius 2 is 1.70 bits per heavy atom. The van der Waals surface area contributed by atoms with Gasteiger partial charge in [0.05, 0.1) is 19.1 Å². The summed E-state index contributed by atoms with van der Waals surface area (Å²) in [5, 5.41) is 1.99. The lowest BCUT2D eigenvalue weighted by atomic mass is 9.98. The summed E-state index contributed by atoms with van der Waals surface area (Å²) in [5.74, 6) is 1.52. The first kappa shape index (κ1) is 17.6. The zero-order chi connectivity index (χ0) is 18.8. The van der Waals surface area contributed by atoms with E-state index in [1.807, 2.05) is 58.8 Å². The van der Waals surface area contributed by atoms with Crippen LogP contribution in [0.2, 0.25) is 0 Å². The summed E-state index contributed by atoms with van der Waals surface area (Å²) < 4.78 is 10.8. The van der Waals surface area contributed by atoms with Gasteiger partial charge in [0.2, 0.25) is 0 Å². The molecule has 1 aliphatic rings. The molecule has 138 valence electrons. The van der Waals surface area contributed by atoms with Crippen molar-refractivity contribution in [2.45, 2.75) is 13.0 Å². The van der Waals surface area contributed by atoms with E-state index in [2.05, 4.69) is 0 Å². The average Bonchev–Trinajstić information content (AvgIpc) is 3.22. The predicted molar refractivity (Wildman–Crippen MR) is 108 cm³/mol. The lowest BCUT2D eigenvalue weighted by molar-refractivity contribution is 0.0740. The molecule has 4 rings (SSSR count). The standard InChI is InChI=1S/C22H21NO3S/c1-25-19-12-16-8-10-23(14-17(16)13-20(19)26-2)22(24)21-18(9-11-27-21)15-6-4-3-5-7-15/h3-7,9,11-13H,8,10,14H2,1-2H3. The number of hydrogen-bond acceptors (Lipinski definition) is 4. The number of amides is 1. The van der Waals surface area contributed by atoms with Crippen LogP contribution in [0.15, 0.2) is 53.9 Å². The van der Waals surface area contributed by atoms with Gasteiger partial charge in [-0.1, -0.05) is 30.3 Å². The highest BCUT2D eigenvalue weighted by molar-refractivity contribution is 7.12. The third-order valence-electron chi connectivity index (χ3n) is 4.95. The topological polar surface area (TPSA) is 38.8 Å². The maximum absolute atomic E-state index is 13.2. The SMILES string of the molecule is COc1cc2c(cc1OC)CN(C(=O)c1sccc1-c1ccccc1)CC2. The van der Waals surface area contributed by atoms with Crippen molar-refractivity contribution in [3.8, 4) is 22.6 Å². The molecule has 3 aromatic rings. The van der Waals surface area contributed by atoms with Crippen LogP contribution < -0.4 is 9.47 Å². The van der Waals surface area contributed by atoms with Crippen LogP contribution in [-0.2, 0) is 13.0 Å². The first-order valence-corrected chi connectivity index (χ1v) is 9.75. The highest BCUT2D eigenvalue weighted by Crippen LogP contribution is 2.35. The van der Waals surface area contributed by atoms with Crippen LogP contribution in [0.1, 0.15) is 20.8 Å². The maximum atomic E-state index is 13.2. The second-order valence-electron chi connectivity index (χ2n) is 6.48. The van der Waals surface area contributed by atoms with Gasteiger partial charge in [-0.05, 0) is 46.7 Å². The normalized spacial score (nSPS) is 13.2. The number of nitrogens with zero attached hydrogens (tertiary/aromatic N) is 1. The molecule has 1 aliphatic heterocycles. The van der Waals surface area contributed by atoms with Gasteiger partial charge in [-0.3, -0.25) is 4.79 Å². The second kappa shape index (κ2) is 7.45. The number of hydrogen-bond donors (Lipinski definition) is 0. The molecule has 0 fully saturated rings. The van der Waals surface area contributed by atoms with Crippen LogP contribution in [-0.4, -0.2) is 31.6 Å². The van der Waals surface area contributed by atoms with Gasteiger partial charge in [-0.2, -0.15) is 0 Å². The third kappa shape index (κ3) is 3.30. The summed E-state index contributed by atoms with van der Waals surface area (Å²) in [6.45, 7) is 1.29. The van der Waals surface area contributed by atoms with E-state index in [4.69, 9.17) is 9.47 Å². The Morgan fingerprint density at radius 3 is 2.41 bits per heavy atom. The van der Waals surface area contributed by atoms with E-state index in [0.717, 1.165) is 33.7 Å². The average molecular weight is 379 g/mol. The smallest absolute Gasteiger partial charge is 0.264 e. The lowest BCUT2D eigenvalue weighted by Gasteiger charge is -2.29. The Kier molecular flexibility index (Phi) is 4.86. The Labute approximate surface area is 163 Å². The molecule has 2 heterocycles. The van der Waals surface area contributed by atoms with Crippen LogP contribution in [0.4, 0.5) is 0 Å². The van der Waals surface area contributed by atoms with Crippen molar-refractivity contribution in [2.24, 2.45) is 0 Å². The fourth-order valence-corrected chi connectivity index (χ4v) is 4.40. The Morgan fingerprint density at radius 1 is 1.00 bits per heavy atom. The minimum absolute atomic E-state index is 0.0873. The Bertz CT molecular complexity index is 965. The molecular weight excluding hydrogens is 358 g/mol. The van der Waals surface area contributed by atoms with Crippen molar-refractivity contribution in [1.82, 2.24) is 4.90 Å². The lowest BCUT2D eigenvalue weighted by Crippen LogP contribution is -2.35. The van der Waals surface area contributed by atoms with Crippen LogP contribution in [0.25, 0.3) is 11.1 Å². The molecule has 4 nitrogen and oxygen atoms in total. The minimum atomic E-state index is 0.0873. The van der Waals surface area contributed by atoms with Crippen molar-refractivity contribution in [1.29, 1.82) is 0 Å². The molecule has 1 aromatic heterocycles. The van der Waals surface area contributed by atoms with Gasteiger partial charge in [0, 0.05) is 18.7 Å². The molecule has 0 aliphatic carbocycles. The molecule has 0 bridgehead atoms. The van der Waals surface area contributed by atoms with E-state index in [1.54, 1.807) is 14.2 Å². The summed E-state index contributed by atoms with van der Waals surface area (Å²) in [6.07, 6.45) is 0.813. The van der Waals surface area contributed by atoms with E-state index < -0.39 is 0 Å². The predicted octanol–water partition coefficient (Wildman–Crippen LogP) is 4.63. The van der Waals surface area contributed by atoms with Gasteiger partial charge < -0.3 is 14.4 Å². The van der Waals surface area contributed by atoms with Gasteiger partial charge in [0.25, 0.3) is 5.91 Å². The fourth-order valence-electron chi connectivity index (χ4n) is 3.52. The number of ether oxygens (including phenoxy) is 2. The van der Waals surface area contributed by atoms with E-state index in [0.29, 0.717) is 18.8 Å². The van der Waals surface area contributed by atoms with E-state index >= 15 is 0 Å². The summed E-state index contributed by atoms with van der Waals surface area (Å²) in [5.41, 5.74) is 4.41. The number of carbonyl (C=O) groups excluding carboxylic acids is 1. The first-order valence-electron chi connectivity index (χ1n) is 8.87. The molecule has 0 N–H and O–H groups in total. The van der Waals surface area contributed by atoms with Gasteiger partial charge in [0.1, 0.15) is 0 Å². The minimum Gasteiger partial charge on any atom is -0.493 e. The van der Waals surface area contributed by atoms with Crippen molar-refractivity contribution in [2.75, 3.05) is 20.8 Å². The molecule has 1 amide bonds. The maximum Gasteiger partial charge on any atom is 0.264 e. The third-order valence-corrected chi connectivity index (χ3v) is 5.85. The molecule has 27 heavy (non-hydrogen) atoms. The van der Waals surface area contributed by atoms with Crippen LogP contribution in [0.5, 0.6) is 11.5 Å². The molecule has 5 heteroatoms. The summed E-state index contributed by atoms with van der Waals surface area (Å²) >= 11 is 1.51. The van der Waals surface area contributed by atoms with E-state index in [1.165, 1.54) is 16.9 Å².